The number of hydrogen-bond acceptors (Lipinski definition) is 8. The zero-order chi connectivity index (χ0) is 51.8. The van der Waals surface area contributed by atoms with Crippen molar-refractivity contribution in [3.05, 3.63) is 105 Å². The first kappa shape index (κ1) is 64.0. The first-order chi connectivity index (χ1) is 33.7. The van der Waals surface area contributed by atoms with Crippen LogP contribution in [0.4, 0.5) is 11.4 Å². The van der Waals surface area contributed by atoms with Gasteiger partial charge in [0.05, 0.1) is 33.9 Å². The number of aliphatic imine (C=N–C) groups is 2. The summed E-state index contributed by atoms with van der Waals surface area (Å²) >= 11 is 0. The summed E-state index contributed by atoms with van der Waals surface area (Å²) in [4.78, 5) is 32.2. The van der Waals surface area contributed by atoms with E-state index in [2.05, 4.69) is 77.9 Å². The molecule has 394 valence electrons. The van der Waals surface area contributed by atoms with Crippen LogP contribution in [0, 0.1) is 0 Å². The fraction of sp³-hybridized carbons (Fsp3) is 0.533. The van der Waals surface area contributed by atoms with E-state index < -0.39 is 34.9 Å². The van der Waals surface area contributed by atoms with Crippen molar-refractivity contribution in [2.75, 3.05) is 0 Å². The van der Waals surface area contributed by atoms with E-state index >= 15 is 0 Å². The van der Waals surface area contributed by atoms with Gasteiger partial charge in [-0.25, -0.2) is 9.59 Å². The summed E-state index contributed by atoms with van der Waals surface area (Å²) < 4.78 is 0. The summed E-state index contributed by atoms with van der Waals surface area (Å²) in [6.45, 7) is 17.3. The molecule has 11 heteroatoms. The van der Waals surface area contributed by atoms with E-state index in [1.54, 1.807) is 13.8 Å². The molecule has 10 nitrogen and oxygen atoms in total. The maximum absolute atomic E-state index is 11.2. The minimum atomic E-state index is -1.29. The third-order valence-corrected chi connectivity index (χ3v) is 12.4. The molecule has 0 amide bonds. The van der Waals surface area contributed by atoms with E-state index in [1.165, 1.54) is 148 Å². The Kier molecular flexibility index (Phi) is 33.3. The van der Waals surface area contributed by atoms with Gasteiger partial charge in [0, 0.05) is 0 Å². The Balaban J connectivity index is 0.000000751. The second kappa shape index (κ2) is 36.9. The Morgan fingerprint density at radius 2 is 0.718 bits per heavy atom. The van der Waals surface area contributed by atoms with Crippen LogP contribution in [-0.4, -0.2) is 43.8 Å². The molecule has 4 aromatic carbocycles. The number of aromatic carboxylic acids is 2. The molecular formula is C60H86N2O8Pd. The predicted octanol–water partition coefficient (Wildman–Crippen LogP) is 15.3. The average Bonchev–Trinajstić information content (AvgIpc) is 3.33. The molecule has 0 bridgehead atoms. The molecule has 4 N–H and O–H groups in total. The van der Waals surface area contributed by atoms with E-state index in [-0.39, 0.29) is 31.5 Å². The smallest absolute Gasteiger partial charge is 0.869 e. The molecule has 4 aromatic rings. The van der Waals surface area contributed by atoms with Crippen LogP contribution in [0.25, 0.3) is 0 Å². The monoisotopic (exact) mass is 1070 g/mol. The van der Waals surface area contributed by atoms with Gasteiger partial charge in [0.25, 0.3) is 0 Å². The van der Waals surface area contributed by atoms with E-state index in [0.717, 1.165) is 62.7 Å². The van der Waals surface area contributed by atoms with Crippen LogP contribution in [-0.2, 0) is 58.9 Å². The van der Waals surface area contributed by atoms with Crippen molar-refractivity contribution in [2.45, 2.75) is 209 Å². The maximum atomic E-state index is 11.2. The van der Waals surface area contributed by atoms with Gasteiger partial charge in [-0.05, 0) is 160 Å². The molecule has 0 fully saturated rings. The summed E-state index contributed by atoms with van der Waals surface area (Å²) in [5.41, 5.74) is 10.8. The first-order valence-corrected chi connectivity index (χ1v) is 26.6. The fourth-order valence-electron chi connectivity index (χ4n) is 8.32. The van der Waals surface area contributed by atoms with Crippen molar-refractivity contribution in [1.82, 2.24) is 0 Å². The minimum absolute atomic E-state index is 0. The molecule has 0 aliphatic heterocycles. The molecule has 0 aromatic heterocycles. The van der Waals surface area contributed by atoms with E-state index in [4.69, 9.17) is 30.4 Å². The van der Waals surface area contributed by atoms with Crippen molar-refractivity contribution in [2.24, 2.45) is 9.98 Å². The van der Waals surface area contributed by atoms with Crippen LogP contribution in [0.1, 0.15) is 225 Å². The summed E-state index contributed by atoms with van der Waals surface area (Å²) in [7, 11) is 0. The largest absolute Gasteiger partial charge is 2.00 e. The Morgan fingerprint density at radius 3 is 0.958 bits per heavy atom. The summed E-state index contributed by atoms with van der Waals surface area (Å²) in [6.07, 6.45) is 27.5. The zero-order valence-electron chi connectivity index (χ0n) is 44.4. The Hall–Kier alpha value is -4.98. The molecule has 0 radical (unpaired) electrons. The third kappa shape index (κ3) is 23.4. The Morgan fingerprint density at radius 1 is 0.437 bits per heavy atom. The number of phenolic OH excluding ortho intramolecular Hbond substituents is 2. The summed E-state index contributed by atoms with van der Waals surface area (Å²) in [5.74, 6) is -5.25. The standard InChI is InChI=1S/C42H68N2.2C9H10O4.Pd/c1-7-13-19-23-35-29-36(24-20-14-8-2)32-39(31-35)43-41(27-17-11-5)42(28-18-12-6)44-40-33-37(25-21-15-9-3)30-38(34-40)26-22-16-10-4;2*1-2-5-3-4-6(10)8(11)7(5)9(12)13;/h29-34H,7-28H2,1-6H3;2*3-4,10-11H,2H2,1H3,(H,12,13);/q;;;+2/p-2. The number of carboxylic acids is 2. The molecule has 0 unspecified atom stereocenters. The molecule has 0 aliphatic rings. The van der Waals surface area contributed by atoms with Crippen LogP contribution in [0.2, 0.25) is 0 Å². The normalized spacial score (nSPS) is 11.3. The number of benzene rings is 4. The third-order valence-electron chi connectivity index (χ3n) is 12.4. The summed E-state index contributed by atoms with van der Waals surface area (Å²) in [5, 5.41) is 57.7. The van der Waals surface area contributed by atoms with E-state index in [1.807, 2.05) is 0 Å². The Bertz CT molecular complexity index is 2040. The second-order valence-corrected chi connectivity index (χ2v) is 18.4. The fourth-order valence-corrected chi connectivity index (χ4v) is 8.32. The average molecular weight is 1070 g/mol. The van der Waals surface area contributed by atoms with Gasteiger partial charge in [0.1, 0.15) is 11.5 Å². The van der Waals surface area contributed by atoms with Crippen LogP contribution < -0.4 is 10.2 Å². The van der Waals surface area contributed by atoms with Gasteiger partial charge in [0.15, 0.2) is 0 Å². The van der Waals surface area contributed by atoms with Gasteiger partial charge >= 0.3 is 32.4 Å². The van der Waals surface area contributed by atoms with Crippen LogP contribution in [0.5, 0.6) is 23.0 Å². The van der Waals surface area contributed by atoms with Gasteiger partial charge in [-0.2, -0.15) is 0 Å². The van der Waals surface area contributed by atoms with Crippen molar-refractivity contribution >= 4 is 34.7 Å². The number of aromatic hydroxyl groups is 2. The molecule has 71 heavy (non-hydrogen) atoms. The topological polar surface area (TPSA) is 186 Å². The predicted molar refractivity (Wildman–Crippen MR) is 287 cm³/mol. The molecule has 0 saturated carbocycles. The van der Waals surface area contributed by atoms with Crippen LogP contribution in [0.3, 0.4) is 0 Å². The molecule has 0 atom stereocenters. The number of unbranched alkanes of at least 4 members (excludes halogenated alkanes) is 10. The van der Waals surface area contributed by atoms with E-state index in [9.17, 15) is 19.8 Å². The molecule has 0 aliphatic carbocycles. The SMILES string of the molecule is CCCCCc1cc(CCCCC)cc(N=C(CCCC)C(CCCC)=Nc2cc(CCCCC)cc(CCCCC)c2)c1.CCc1ccc(O)c([O-])c1C(=O)O.CCc1ccc(O)c([O-])c1C(=O)O.[Pd+2]. The molecule has 0 saturated heterocycles. The molecule has 0 spiro atoms. The number of phenols is 2. The number of carbonyl (C=O) groups is 2. The van der Waals surface area contributed by atoms with Gasteiger partial charge < -0.3 is 30.6 Å². The van der Waals surface area contributed by atoms with Crippen molar-refractivity contribution in [3.8, 4) is 23.0 Å². The van der Waals surface area contributed by atoms with Gasteiger partial charge in [-0.3, -0.25) is 9.98 Å². The Labute approximate surface area is 440 Å². The number of rotatable bonds is 29. The number of carboxylic acid groups (broad SMARTS) is 2. The van der Waals surface area contributed by atoms with Gasteiger partial charge in [-0.1, -0.05) is 155 Å². The van der Waals surface area contributed by atoms with E-state index in [0.29, 0.717) is 24.0 Å². The molecule has 4 rings (SSSR count). The first-order valence-electron chi connectivity index (χ1n) is 26.6. The van der Waals surface area contributed by atoms with Crippen LogP contribution >= 0.6 is 0 Å². The second-order valence-electron chi connectivity index (χ2n) is 18.4. The zero-order valence-corrected chi connectivity index (χ0v) is 45.9. The quantitative estimate of drug-likeness (QED) is 0.0235. The molecule has 0 heterocycles. The van der Waals surface area contributed by atoms with Crippen molar-refractivity contribution < 1.29 is 60.7 Å². The van der Waals surface area contributed by atoms with Crippen molar-refractivity contribution in [1.29, 1.82) is 0 Å². The minimum Gasteiger partial charge on any atom is -0.869 e. The molecular weight excluding hydrogens is 983 g/mol. The van der Waals surface area contributed by atoms with Crippen molar-refractivity contribution in [3.63, 3.8) is 0 Å². The van der Waals surface area contributed by atoms with Gasteiger partial charge in [0.2, 0.25) is 0 Å². The summed E-state index contributed by atoms with van der Waals surface area (Å²) in [6, 6.07) is 19.8. The number of hydrogen-bond donors (Lipinski definition) is 4. The number of aryl methyl sites for hydroxylation is 6. The van der Waals surface area contributed by atoms with Gasteiger partial charge in [-0.15, -0.1) is 0 Å². The maximum Gasteiger partial charge on any atom is 2.00 e. The van der Waals surface area contributed by atoms with Crippen LogP contribution in [0.15, 0.2) is 70.6 Å². The number of nitrogens with zero attached hydrogens (tertiary/aromatic N) is 2.